The maximum Gasteiger partial charge on any atom is 0.261 e. The Labute approximate surface area is 199 Å². The molecule has 0 atom stereocenters. The molecule has 0 aliphatic heterocycles. The molecule has 2 aromatic carbocycles. The Morgan fingerprint density at radius 1 is 0.941 bits per heavy atom. The van der Waals surface area contributed by atoms with E-state index in [2.05, 4.69) is 43.9 Å². The average Bonchev–Trinajstić information content (AvgIpc) is 3.36. The molecular formula is C24H27N7O2S. The van der Waals surface area contributed by atoms with E-state index < -0.39 is 10.0 Å². The molecule has 2 N–H and O–H groups in total. The first-order valence-electron chi connectivity index (χ1n) is 11.0. The maximum atomic E-state index is 12.8. The Hall–Kier alpha value is -3.92. The van der Waals surface area contributed by atoms with Crippen LogP contribution in [0.3, 0.4) is 0 Å². The number of hydrogen-bond acceptors (Lipinski definition) is 7. The minimum absolute atomic E-state index is 0.169. The predicted molar refractivity (Wildman–Crippen MR) is 134 cm³/mol. The van der Waals surface area contributed by atoms with E-state index in [1.807, 2.05) is 13.0 Å². The Morgan fingerprint density at radius 2 is 1.62 bits per heavy atom. The Kier molecular flexibility index (Phi) is 6.78. The number of anilines is 4. The van der Waals surface area contributed by atoms with Gasteiger partial charge in [0.25, 0.3) is 10.0 Å². The van der Waals surface area contributed by atoms with E-state index in [1.165, 1.54) is 0 Å². The van der Waals surface area contributed by atoms with Crippen LogP contribution in [0.15, 0.2) is 78.0 Å². The second-order valence-electron chi connectivity index (χ2n) is 7.62. The lowest BCUT2D eigenvalue weighted by atomic mass is 10.3. The topological polar surface area (TPSA) is 105 Å². The van der Waals surface area contributed by atoms with Crippen molar-refractivity contribution >= 4 is 33.2 Å². The van der Waals surface area contributed by atoms with Gasteiger partial charge >= 0.3 is 0 Å². The molecule has 4 rings (SSSR count). The van der Waals surface area contributed by atoms with Crippen LogP contribution in [0.1, 0.15) is 19.5 Å². The first-order valence-corrected chi connectivity index (χ1v) is 12.5. The van der Waals surface area contributed by atoms with E-state index >= 15 is 0 Å². The molecule has 0 saturated heterocycles. The van der Waals surface area contributed by atoms with Gasteiger partial charge in [-0.1, -0.05) is 0 Å². The summed E-state index contributed by atoms with van der Waals surface area (Å²) in [6.45, 7) is 7.81. The van der Waals surface area contributed by atoms with Gasteiger partial charge in [0.05, 0.1) is 10.6 Å². The van der Waals surface area contributed by atoms with E-state index in [4.69, 9.17) is 0 Å². The second-order valence-corrected chi connectivity index (χ2v) is 9.30. The monoisotopic (exact) mass is 477 g/mol. The van der Waals surface area contributed by atoms with Gasteiger partial charge in [-0.25, -0.2) is 18.1 Å². The minimum Gasteiger partial charge on any atom is -0.357 e. The summed E-state index contributed by atoms with van der Waals surface area (Å²) in [5.74, 6) is 1.36. The number of sulfonamides is 1. The number of aryl methyl sites for hydroxylation is 1. The average molecular weight is 478 g/mol. The normalized spacial score (nSPS) is 11.3. The summed E-state index contributed by atoms with van der Waals surface area (Å²) in [4.78, 5) is 11.4. The zero-order valence-electron chi connectivity index (χ0n) is 19.3. The summed E-state index contributed by atoms with van der Waals surface area (Å²) in [6.07, 6.45) is 3.46. The number of benzene rings is 2. The van der Waals surface area contributed by atoms with Crippen LogP contribution in [-0.2, 0) is 10.0 Å². The van der Waals surface area contributed by atoms with Crippen molar-refractivity contribution in [3.8, 4) is 5.69 Å². The first kappa shape index (κ1) is 23.2. The van der Waals surface area contributed by atoms with Gasteiger partial charge in [0.1, 0.15) is 5.82 Å². The van der Waals surface area contributed by atoms with Crippen LogP contribution in [0.25, 0.3) is 5.69 Å². The molecule has 0 radical (unpaired) electrons. The van der Waals surface area contributed by atoms with Crippen molar-refractivity contribution in [1.29, 1.82) is 0 Å². The summed E-state index contributed by atoms with van der Waals surface area (Å²) in [6, 6.07) is 17.2. The van der Waals surface area contributed by atoms with Gasteiger partial charge in [0, 0.05) is 48.6 Å². The highest BCUT2D eigenvalue weighted by Gasteiger charge is 2.15. The standard InChI is InChI=1S/C24H27N7O2S/c1-4-30(5-2)23-17-18(3)26-24(28-23)27-19-7-9-20(10-8-19)29-34(32,33)22-13-11-21(12-14-22)31-16-6-15-25-31/h6-17,29H,4-5H2,1-3H3,(H,26,27,28). The molecule has 0 saturated carbocycles. The number of hydrogen-bond donors (Lipinski definition) is 2. The van der Waals surface area contributed by atoms with Gasteiger partial charge in [-0.2, -0.15) is 10.1 Å². The smallest absolute Gasteiger partial charge is 0.261 e. The van der Waals surface area contributed by atoms with Crippen molar-refractivity contribution in [2.24, 2.45) is 0 Å². The molecule has 10 heteroatoms. The Morgan fingerprint density at radius 3 is 2.24 bits per heavy atom. The molecule has 0 unspecified atom stereocenters. The fourth-order valence-electron chi connectivity index (χ4n) is 3.48. The van der Waals surface area contributed by atoms with Crippen LogP contribution in [0, 0.1) is 6.92 Å². The van der Waals surface area contributed by atoms with E-state index in [1.54, 1.807) is 71.7 Å². The fourth-order valence-corrected chi connectivity index (χ4v) is 4.54. The first-order chi connectivity index (χ1) is 16.4. The molecule has 9 nitrogen and oxygen atoms in total. The third kappa shape index (κ3) is 5.34. The van der Waals surface area contributed by atoms with Crippen molar-refractivity contribution < 1.29 is 8.42 Å². The molecule has 0 aliphatic rings. The van der Waals surface area contributed by atoms with Gasteiger partial charge < -0.3 is 10.2 Å². The lowest BCUT2D eigenvalue weighted by Crippen LogP contribution is -2.23. The summed E-state index contributed by atoms with van der Waals surface area (Å²) < 4.78 is 29.9. The van der Waals surface area contributed by atoms with E-state index in [0.717, 1.165) is 36.0 Å². The van der Waals surface area contributed by atoms with Crippen molar-refractivity contribution in [3.05, 3.63) is 78.8 Å². The number of rotatable bonds is 9. The van der Waals surface area contributed by atoms with Crippen molar-refractivity contribution in [3.63, 3.8) is 0 Å². The molecule has 0 amide bonds. The molecular weight excluding hydrogens is 450 g/mol. The van der Waals surface area contributed by atoms with Crippen LogP contribution in [-0.4, -0.2) is 41.3 Å². The molecule has 2 heterocycles. The highest BCUT2D eigenvalue weighted by atomic mass is 32.2. The number of nitrogens with one attached hydrogen (secondary N) is 2. The van der Waals surface area contributed by atoms with Crippen molar-refractivity contribution in [2.45, 2.75) is 25.7 Å². The van der Waals surface area contributed by atoms with Crippen molar-refractivity contribution in [2.75, 3.05) is 28.0 Å². The van der Waals surface area contributed by atoms with E-state index in [9.17, 15) is 8.42 Å². The van der Waals surface area contributed by atoms with Crippen molar-refractivity contribution in [1.82, 2.24) is 19.7 Å². The summed E-state index contributed by atoms with van der Waals surface area (Å²) in [5, 5.41) is 7.34. The molecule has 34 heavy (non-hydrogen) atoms. The molecule has 2 aromatic heterocycles. The summed E-state index contributed by atoms with van der Waals surface area (Å²) in [7, 11) is -3.73. The molecule has 0 spiro atoms. The third-order valence-corrected chi connectivity index (χ3v) is 6.63. The van der Waals surface area contributed by atoms with E-state index in [-0.39, 0.29) is 4.90 Å². The van der Waals surface area contributed by atoms with Gasteiger partial charge in [0.15, 0.2) is 0 Å². The van der Waals surface area contributed by atoms with Gasteiger partial charge in [-0.15, -0.1) is 0 Å². The number of aromatic nitrogens is 4. The molecule has 0 fully saturated rings. The van der Waals surface area contributed by atoms with Crippen LogP contribution in [0.2, 0.25) is 0 Å². The Balaban J connectivity index is 1.46. The zero-order valence-corrected chi connectivity index (χ0v) is 20.1. The molecule has 176 valence electrons. The summed E-state index contributed by atoms with van der Waals surface area (Å²) >= 11 is 0. The van der Waals surface area contributed by atoms with Crippen LogP contribution >= 0.6 is 0 Å². The zero-order chi connectivity index (χ0) is 24.1. The van der Waals surface area contributed by atoms with Gasteiger partial charge in [-0.05, 0) is 75.4 Å². The second kappa shape index (κ2) is 9.92. The maximum absolute atomic E-state index is 12.8. The quantitative estimate of drug-likeness (QED) is 0.369. The van der Waals surface area contributed by atoms with Crippen LogP contribution in [0.4, 0.5) is 23.1 Å². The third-order valence-electron chi connectivity index (χ3n) is 5.24. The highest BCUT2D eigenvalue weighted by molar-refractivity contribution is 7.92. The SMILES string of the molecule is CCN(CC)c1cc(C)nc(Nc2ccc(NS(=O)(=O)c3ccc(-n4cccn4)cc3)cc2)n1. The van der Waals surface area contributed by atoms with Crippen LogP contribution < -0.4 is 14.9 Å². The highest BCUT2D eigenvalue weighted by Crippen LogP contribution is 2.22. The lowest BCUT2D eigenvalue weighted by Gasteiger charge is -2.20. The van der Waals surface area contributed by atoms with E-state index in [0.29, 0.717) is 11.6 Å². The molecule has 0 aliphatic carbocycles. The van der Waals surface area contributed by atoms with Gasteiger partial charge in [0.2, 0.25) is 5.95 Å². The lowest BCUT2D eigenvalue weighted by molar-refractivity contribution is 0.601. The predicted octanol–water partition coefficient (Wildman–Crippen LogP) is 4.36. The van der Waals surface area contributed by atoms with Gasteiger partial charge in [-0.3, -0.25) is 4.72 Å². The summed E-state index contributed by atoms with van der Waals surface area (Å²) in [5.41, 5.74) is 2.85. The molecule has 0 bridgehead atoms. The number of nitrogens with zero attached hydrogens (tertiary/aromatic N) is 5. The Bertz CT molecular complexity index is 1330. The molecule has 4 aromatic rings. The fraction of sp³-hybridized carbons (Fsp3) is 0.208. The largest absolute Gasteiger partial charge is 0.357 e. The minimum atomic E-state index is -3.73. The van der Waals surface area contributed by atoms with Crippen LogP contribution in [0.5, 0.6) is 0 Å².